The van der Waals surface area contributed by atoms with E-state index in [1.54, 1.807) is 0 Å². The molecule has 176 valence electrons. The summed E-state index contributed by atoms with van der Waals surface area (Å²) in [4.78, 5) is 9.88. The third kappa shape index (κ3) is 9.24. The van der Waals surface area contributed by atoms with Gasteiger partial charge in [-0.3, -0.25) is 9.89 Å². The van der Waals surface area contributed by atoms with Gasteiger partial charge >= 0.3 is 0 Å². The molecule has 2 N–H and O–H groups in total. The highest BCUT2D eigenvalue weighted by molar-refractivity contribution is 14.0. The first-order valence-electron chi connectivity index (χ1n) is 11.7. The Bertz CT molecular complexity index is 630. The predicted molar refractivity (Wildman–Crippen MR) is 140 cm³/mol. The van der Waals surface area contributed by atoms with Crippen molar-refractivity contribution in [3.05, 3.63) is 35.9 Å². The van der Waals surface area contributed by atoms with Gasteiger partial charge in [0.15, 0.2) is 5.96 Å². The highest BCUT2D eigenvalue weighted by atomic mass is 127. The van der Waals surface area contributed by atoms with Gasteiger partial charge in [0.25, 0.3) is 0 Å². The van der Waals surface area contributed by atoms with Gasteiger partial charge in [-0.1, -0.05) is 30.3 Å². The molecule has 2 aliphatic heterocycles. The van der Waals surface area contributed by atoms with Crippen LogP contribution in [0.25, 0.3) is 0 Å². The molecule has 0 radical (unpaired) electrons. The zero-order valence-corrected chi connectivity index (χ0v) is 21.9. The van der Waals surface area contributed by atoms with Crippen molar-refractivity contribution in [3.63, 3.8) is 0 Å². The maximum absolute atomic E-state index is 5.53. The number of likely N-dealkylation sites (tertiary alicyclic amines) is 1. The van der Waals surface area contributed by atoms with Crippen LogP contribution in [0.15, 0.2) is 35.3 Å². The van der Waals surface area contributed by atoms with Crippen LogP contribution in [0.5, 0.6) is 0 Å². The van der Waals surface area contributed by atoms with Gasteiger partial charge < -0.3 is 20.3 Å². The highest BCUT2D eigenvalue weighted by Crippen LogP contribution is 2.17. The van der Waals surface area contributed by atoms with E-state index in [1.807, 2.05) is 0 Å². The predicted octanol–water partition coefficient (Wildman–Crippen LogP) is 3.18. The van der Waals surface area contributed by atoms with E-state index in [1.165, 1.54) is 44.5 Å². The van der Waals surface area contributed by atoms with Crippen molar-refractivity contribution in [1.29, 1.82) is 0 Å². The van der Waals surface area contributed by atoms with Gasteiger partial charge in [0.1, 0.15) is 0 Å². The molecular formula is C24H42IN5O. The van der Waals surface area contributed by atoms with Crippen LogP contribution in [0.2, 0.25) is 0 Å². The van der Waals surface area contributed by atoms with Crippen molar-refractivity contribution in [2.24, 2.45) is 10.9 Å². The summed E-state index contributed by atoms with van der Waals surface area (Å²) in [5, 5.41) is 7.12. The molecule has 2 atom stereocenters. The number of nitrogens with zero attached hydrogens (tertiary/aromatic N) is 3. The monoisotopic (exact) mass is 543 g/mol. The number of ether oxygens (including phenoxy) is 1. The molecular weight excluding hydrogens is 501 g/mol. The maximum Gasteiger partial charge on any atom is 0.191 e. The third-order valence-electron chi connectivity index (χ3n) is 6.35. The Morgan fingerprint density at radius 3 is 2.61 bits per heavy atom. The number of hydrogen-bond donors (Lipinski definition) is 2. The summed E-state index contributed by atoms with van der Waals surface area (Å²) in [6.07, 6.45) is 3.59. The van der Waals surface area contributed by atoms with Gasteiger partial charge in [0.05, 0.1) is 13.2 Å². The summed E-state index contributed by atoms with van der Waals surface area (Å²) in [5.74, 6) is 1.70. The first kappa shape index (κ1) is 26.4. The summed E-state index contributed by atoms with van der Waals surface area (Å²) in [7, 11) is 2.18. The Kier molecular flexibility index (Phi) is 12.1. The van der Waals surface area contributed by atoms with Gasteiger partial charge in [0.2, 0.25) is 0 Å². The van der Waals surface area contributed by atoms with E-state index in [9.17, 15) is 0 Å². The number of nitrogens with one attached hydrogen (secondary N) is 2. The van der Waals surface area contributed by atoms with E-state index in [4.69, 9.17) is 9.73 Å². The minimum absolute atomic E-state index is 0. The lowest BCUT2D eigenvalue weighted by atomic mass is 10.0. The van der Waals surface area contributed by atoms with Crippen molar-refractivity contribution < 1.29 is 4.74 Å². The fourth-order valence-electron chi connectivity index (χ4n) is 4.26. The molecule has 31 heavy (non-hydrogen) atoms. The van der Waals surface area contributed by atoms with Crippen LogP contribution in [0.3, 0.4) is 0 Å². The summed E-state index contributed by atoms with van der Waals surface area (Å²) in [6, 6.07) is 11.5. The molecule has 1 aromatic carbocycles. The molecule has 0 amide bonds. The number of piperidine rings is 1. The van der Waals surface area contributed by atoms with Crippen LogP contribution >= 0.6 is 24.0 Å². The lowest BCUT2D eigenvalue weighted by Crippen LogP contribution is -2.49. The Labute approximate surface area is 206 Å². The second-order valence-electron chi connectivity index (χ2n) is 8.92. The molecule has 0 spiro atoms. The van der Waals surface area contributed by atoms with E-state index < -0.39 is 0 Å². The van der Waals surface area contributed by atoms with Gasteiger partial charge in [-0.25, -0.2) is 0 Å². The number of guanidine groups is 1. The normalized spacial score (nSPS) is 21.7. The molecule has 2 unspecified atom stereocenters. The SMILES string of the molecule is CCNC(=NCC(C)N(C)Cc1ccccc1)NC1CCN(CC2CCOC2)CC1.I. The molecule has 3 rings (SSSR count). The van der Waals surface area contributed by atoms with Crippen LogP contribution < -0.4 is 10.6 Å². The number of likely N-dealkylation sites (N-methyl/N-ethyl adjacent to an activating group) is 1. The van der Waals surface area contributed by atoms with Crippen molar-refractivity contribution in [2.45, 2.75) is 51.7 Å². The average molecular weight is 544 g/mol. The molecule has 2 heterocycles. The zero-order valence-electron chi connectivity index (χ0n) is 19.6. The number of aliphatic imine (C=N–C) groups is 1. The molecule has 1 aromatic rings. The average Bonchev–Trinajstić information content (AvgIpc) is 3.27. The minimum atomic E-state index is 0. The number of hydrogen-bond acceptors (Lipinski definition) is 4. The molecule has 0 aromatic heterocycles. The van der Waals surface area contributed by atoms with Crippen LogP contribution in [-0.4, -0.2) is 80.8 Å². The van der Waals surface area contributed by atoms with E-state index in [0.29, 0.717) is 12.1 Å². The zero-order chi connectivity index (χ0) is 21.2. The molecule has 0 aliphatic carbocycles. The first-order chi connectivity index (χ1) is 14.6. The van der Waals surface area contributed by atoms with Crippen LogP contribution in [0.1, 0.15) is 38.7 Å². The Morgan fingerprint density at radius 2 is 1.97 bits per heavy atom. The molecule has 2 fully saturated rings. The smallest absolute Gasteiger partial charge is 0.191 e. The quantitative estimate of drug-likeness (QED) is 0.285. The summed E-state index contributed by atoms with van der Waals surface area (Å²) in [6.45, 7) is 12.5. The van der Waals surface area contributed by atoms with Gasteiger partial charge in [-0.05, 0) is 51.6 Å². The number of halogens is 1. The van der Waals surface area contributed by atoms with Crippen LogP contribution in [-0.2, 0) is 11.3 Å². The topological polar surface area (TPSA) is 52.1 Å². The third-order valence-corrected chi connectivity index (χ3v) is 6.35. The molecule has 6 nitrogen and oxygen atoms in total. The van der Waals surface area contributed by atoms with Gasteiger partial charge in [-0.2, -0.15) is 0 Å². The lowest BCUT2D eigenvalue weighted by molar-refractivity contribution is 0.150. The molecule has 2 aliphatic rings. The summed E-state index contributed by atoms with van der Waals surface area (Å²) < 4.78 is 5.53. The second-order valence-corrected chi connectivity index (χ2v) is 8.92. The van der Waals surface area contributed by atoms with Crippen LogP contribution in [0, 0.1) is 5.92 Å². The van der Waals surface area contributed by atoms with E-state index in [-0.39, 0.29) is 24.0 Å². The molecule has 0 bridgehead atoms. The molecule has 0 saturated carbocycles. The van der Waals surface area contributed by atoms with E-state index >= 15 is 0 Å². The van der Waals surface area contributed by atoms with Gasteiger partial charge in [-0.15, -0.1) is 24.0 Å². The lowest BCUT2D eigenvalue weighted by Gasteiger charge is -2.34. The fourth-order valence-corrected chi connectivity index (χ4v) is 4.26. The standard InChI is InChI=1S/C24H41N5O.HI/c1-4-25-24(26-16-20(2)28(3)17-21-8-6-5-7-9-21)27-23-10-13-29(14-11-23)18-22-12-15-30-19-22;/h5-9,20,22-23H,4,10-19H2,1-3H3,(H2,25,26,27);1H. The Balaban J connectivity index is 0.00000341. The minimum Gasteiger partial charge on any atom is -0.381 e. The summed E-state index contributed by atoms with van der Waals surface area (Å²) in [5.41, 5.74) is 1.34. The summed E-state index contributed by atoms with van der Waals surface area (Å²) >= 11 is 0. The largest absolute Gasteiger partial charge is 0.381 e. The number of rotatable bonds is 9. The maximum atomic E-state index is 5.53. The fraction of sp³-hybridized carbons (Fsp3) is 0.708. The van der Waals surface area contributed by atoms with Crippen LogP contribution in [0.4, 0.5) is 0 Å². The number of benzene rings is 1. The Hall–Kier alpha value is -0.900. The van der Waals surface area contributed by atoms with E-state index in [2.05, 4.69) is 71.7 Å². The second kappa shape index (κ2) is 14.3. The van der Waals surface area contributed by atoms with Crippen molar-refractivity contribution in [2.75, 3.05) is 53.0 Å². The van der Waals surface area contributed by atoms with Crippen molar-refractivity contribution in [1.82, 2.24) is 20.4 Å². The molecule has 7 heteroatoms. The molecule has 2 saturated heterocycles. The van der Waals surface area contributed by atoms with E-state index in [0.717, 1.165) is 44.7 Å². The highest BCUT2D eigenvalue weighted by Gasteiger charge is 2.24. The Morgan fingerprint density at radius 1 is 1.23 bits per heavy atom. The first-order valence-corrected chi connectivity index (χ1v) is 11.7. The van der Waals surface area contributed by atoms with Crippen molar-refractivity contribution in [3.8, 4) is 0 Å². The van der Waals surface area contributed by atoms with Crippen molar-refractivity contribution >= 4 is 29.9 Å². The van der Waals surface area contributed by atoms with Gasteiger partial charge in [0, 0.05) is 51.4 Å².